The summed E-state index contributed by atoms with van der Waals surface area (Å²) in [5.74, 6) is 0. The average Bonchev–Trinajstić information content (AvgIpc) is 2.83. The highest BCUT2D eigenvalue weighted by atomic mass is 16.7. The lowest BCUT2D eigenvalue weighted by atomic mass is 9.94. The first-order valence-corrected chi connectivity index (χ1v) is 10.8. The van der Waals surface area contributed by atoms with Crippen molar-refractivity contribution < 1.29 is 64.5 Å². The van der Waals surface area contributed by atoms with Gasteiger partial charge in [-0.15, -0.1) is 0 Å². The molecule has 3 fully saturated rings. The maximum atomic E-state index is 10.8. The topological polar surface area (TPSA) is 286 Å². The second kappa shape index (κ2) is 12.7. The summed E-state index contributed by atoms with van der Waals surface area (Å²) >= 11 is 0. The molecule has 14 N–H and O–H groups in total. The molecule has 16 nitrogen and oxygen atoms in total. The van der Waals surface area contributed by atoms with Crippen LogP contribution in [-0.4, -0.2) is 153 Å². The van der Waals surface area contributed by atoms with E-state index in [-0.39, 0.29) is 7.43 Å². The summed E-state index contributed by atoms with van der Waals surface area (Å²) in [4.78, 5) is 0. The predicted octanol–water partition coefficient (Wildman–Crippen LogP) is -7.04. The normalized spacial score (nSPS) is 51.0. The molecule has 0 radical (unpaired) electrons. The summed E-state index contributed by atoms with van der Waals surface area (Å²) < 4.78 is 27.4. The molecule has 16 heteroatoms. The highest BCUT2D eigenvalue weighted by Gasteiger charge is 2.52. The molecule has 35 heavy (non-hydrogen) atoms. The molecule has 3 heterocycles. The summed E-state index contributed by atoms with van der Waals surface area (Å²) in [5.41, 5.74) is 17.6. The monoisotopic (exact) mass is 517 g/mol. The third-order valence-electron chi connectivity index (χ3n) is 6.33. The van der Waals surface area contributed by atoms with E-state index < -0.39 is 112 Å². The van der Waals surface area contributed by atoms with E-state index >= 15 is 0 Å². The van der Waals surface area contributed by atoms with Gasteiger partial charge in [0.1, 0.15) is 54.9 Å². The molecule has 15 atom stereocenters. The van der Waals surface area contributed by atoms with Gasteiger partial charge in [0.2, 0.25) is 0 Å². The van der Waals surface area contributed by atoms with Crippen LogP contribution in [0.25, 0.3) is 0 Å². The summed E-state index contributed by atoms with van der Waals surface area (Å²) in [5, 5.41) is 79.6. The van der Waals surface area contributed by atoms with E-state index in [2.05, 4.69) is 0 Å². The Bertz CT molecular complexity index is 647. The summed E-state index contributed by atoms with van der Waals surface area (Å²) in [7, 11) is 0. The maximum Gasteiger partial charge on any atom is 0.176 e. The van der Waals surface area contributed by atoms with Crippen LogP contribution in [0.15, 0.2) is 0 Å². The van der Waals surface area contributed by atoms with E-state index in [0.717, 1.165) is 0 Å². The van der Waals surface area contributed by atoms with Crippen LogP contribution >= 0.6 is 0 Å². The zero-order chi connectivity index (χ0) is 25.3. The van der Waals surface area contributed by atoms with Crippen molar-refractivity contribution in [3.8, 4) is 0 Å². The highest BCUT2D eigenvalue weighted by molar-refractivity contribution is 4.98. The Morgan fingerprint density at radius 2 is 0.943 bits per heavy atom. The molecule has 0 saturated carbocycles. The van der Waals surface area contributed by atoms with Gasteiger partial charge in [-0.05, 0) is 0 Å². The number of nitrogens with two attached hydrogens (primary N) is 3. The van der Waals surface area contributed by atoms with Crippen LogP contribution in [0.1, 0.15) is 7.43 Å². The van der Waals surface area contributed by atoms with Crippen molar-refractivity contribution in [2.45, 2.75) is 99.4 Å². The first-order chi connectivity index (χ1) is 16.0. The van der Waals surface area contributed by atoms with Crippen molar-refractivity contribution >= 4 is 0 Å². The van der Waals surface area contributed by atoms with Gasteiger partial charge in [0.15, 0.2) is 18.9 Å². The van der Waals surface area contributed by atoms with E-state index in [0.29, 0.717) is 0 Å². The lowest BCUT2D eigenvalue weighted by Crippen LogP contribution is -2.69. The third-order valence-corrected chi connectivity index (χ3v) is 6.33. The molecule has 208 valence electrons. The van der Waals surface area contributed by atoms with Gasteiger partial charge in [0.05, 0.1) is 37.9 Å². The second-order valence-electron chi connectivity index (χ2n) is 8.59. The summed E-state index contributed by atoms with van der Waals surface area (Å²) in [6, 6.07) is -3.87. The lowest BCUT2D eigenvalue weighted by molar-refractivity contribution is -0.348. The van der Waals surface area contributed by atoms with Crippen LogP contribution in [-0.2, 0) is 23.7 Å². The van der Waals surface area contributed by atoms with Gasteiger partial charge < -0.3 is 81.7 Å². The number of ether oxygens (including phenoxy) is 5. The second-order valence-corrected chi connectivity index (χ2v) is 8.59. The number of hydrogen-bond acceptors (Lipinski definition) is 16. The first kappa shape index (κ1) is 30.6. The van der Waals surface area contributed by atoms with Crippen LogP contribution in [0.5, 0.6) is 0 Å². The quantitative estimate of drug-likeness (QED) is 0.149. The van der Waals surface area contributed by atoms with Gasteiger partial charge >= 0.3 is 0 Å². The standard InChI is InChI=1S/C18H35N3O13.CH4/c19-7-12(27)14(5(2-23)30-16(7)29)33-18-9(21)13(28)15(6(3-24)32-18)34-17-8(20)11(26)10(25)4(1-22)31-17;/h4-18,22-29H,1-3,19-21H2;1H4/t4?,5?,6?,7?,8?,9?,10-,11-,12-,13-,14-,15-,16-,17+,18+;/m1./s1. The van der Waals surface area contributed by atoms with Crippen LogP contribution in [0, 0.1) is 0 Å². The molecule has 0 bridgehead atoms. The number of hydrogen-bond donors (Lipinski definition) is 11. The molecular weight excluding hydrogens is 478 g/mol. The fourth-order valence-corrected chi connectivity index (χ4v) is 4.18. The van der Waals surface area contributed by atoms with Crippen LogP contribution < -0.4 is 17.2 Å². The fraction of sp³-hybridized carbons (Fsp3) is 1.00. The maximum absolute atomic E-state index is 10.8. The molecular formula is C19H39N3O13. The van der Waals surface area contributed by atoms with Gasteiger partial charge in [0, 0.05) is 0 Å². The number of aliphatic hydroxyl groups is 8. The van der Waals surface area contributed by atoms with Crippen LogP contribution in [0.2, 0.25) is 0 Å². The van der Waals surface area contributed by atoms with Crippen LogP contribution in [0.4, 0.5) is 0 Å². The minimum Gasteiger partial charge on any atom is -0.394 e. The SMILES string of the molecule is C.NC1[C@H](O[C@@H]2C(CO)O[C@@H](O[C@@H]3C(CO)O[C@@H](O)C(N)[C@H]3O)C(N)[C@H]2O)OC(CO)[C@@H](O)[C@@H]1O. The largest absolute Gasteiger partial charge is 0.394 e. The average molecular weight is 518 g/mol. The summed E-state index contributed by atoms with van der Waals surface area (Å²) in [6.07, 6.45) is -16.8. The molecule has 0 amide bonds. The molecule has 0 aromatic rings. The highest BCUT2D eigenvalue weighted by Crippen LogP contribution is 2.30. The van der Waals surface area contributed by atoms with Crippen molar-refractivity contribution in [1.29, 1.82) is 0 Å². The zero-order valence-electron chi connectivity index (χ0n) is 18.1. The lowest BCUT2D eigenvalue weighted by Gasteiger charge is -2.48. The van der Waals surface area contributed by atoms with E-state index in [1.165, 1.54) is 0 Å². The molecule has 3 rings (SSSR count). The Kier molecular flexibility index (Phi) is 11.1. The van der Waals surface area contributed by atoms with Gasteiger partial charge in [0.25, 0.3) is 0 Å². The molecule has 0 aliphatic carbocycles. The zero-order valence-corrected chi connectivity index (χ0v) is 18.1. The van der Waals surface area contributed by atoms with Gasteiger partial charge in [-0.2, -0.15) is 0 Å². The van der Waals surface area contributed by atoms with Crippen molar-refractivity contribution in [3.05, 3.63) is 0 Å². The minimum atomic E-state index is -1.56. The molecule has 3 aliphatic rings. The molecule has 0 aromatic carbocycles. The smallest absolute Gasteiger partial charge is 0.176 e. The van der Waals surface area contributed by atoms with Gasteiger partial charge in [-0.1, -0.05) is 7.43 Å². The van der Waals surface area contributed by atoms with E-state index in [9.17, 15) is 40.9 Å². The van der Waals surface area contributed by atoms with Crippen LogP contribution in [0.3, 0.4) is 0 Å². The molecule has 6 unspecified atom stereocenters. The van der Waals surface area contributed by atoms with Crippen molar-refractivity contribution in [2.24, 2.45) is 17.2 Å². The van der Waals surface area contributed by atoms with Crippen molar-refractivity contribution in [1.82, 2.24) is 0 Å². The molecule has 0 spiro atoms. The molecule has 3 saturated heterocycles. The third kappa shape index (κ3) is 6.10. The Hall–Kier alpha value is -0.640. The predicted molar refractivity (Wildman–Crippen MR) is 114 cm³/mol. The first-order valence-electron chi connectivity index (χ1n) is 10.8. The van der Waals surface area contributed by atoms with E-state index in [1.807, 2.05) is 0 Å². The Morgan fingerprint density at radius 1 is 0.543 bits per heavy atom. The number of aliphatic hydroxyl groups excluding tert-OH is 8. The summed E-state index contributed by atoms with van der Waals surface area (Å²) in [6.45, 7) is -2.00. The van der Waals surface area contributed by atoms with Crippen molar-refractivity contribution in [2.75, 3.05) is 19.8 Å². The minimum absolute atomic E-state index is 0. The van der Waals surface area contributed by atoms with Gasteiger partial charge in [-0.25, -0.2) is 0 Å². The van der Waals surface area contributed by atoms with E-state index in [1.54, 1.807) is 0 Å². The Balaban J connectivity index is 0.00000432. The molecule has 0 aromatic heterocycles. The van der Waals surface area contributed by atoms with E-state index in [4.69, 9.17) is 40.9 Å². The fourth-order valence-electron chi connectivity index (χ4n) is 4.18. The Morgan fingerprint density at radius 3 is 1.43 bits per heavy atom. The number of rotatable bonds is 7. The van der Waals surface area contributed by atoms with Crippen molar-refractivity contribution in [3.63, 3.8) is 0 Å². The molecule has 3 aliphatic heterocycles. The Labute approximate surface area is 201 Å². The van der Waals surface area contributed by atoms with Gasteiger partial charge in [-0.3, -0.25) is 0 Å².